The molecule has 5 nitrogen and oxygen atoms in total. The number of thioether (sulfide) groups is 1. The molecule has 0 spiro atoms. The second-order valence-electron chi connectivity index (χ2n) is 5.26. The second-order valence-corrected chi connectivity index (χ2v) is 6.49. The van der Waals surface area contributed by atoms with E-state index in [-0.39, 0.29) is 11.2 Å². The number of primary amides is 1. The van der Waals surface area contributed by atoms with Crippen molar-refractivity contribution in [1.29, 1.82) is 0 Å². The van der Waals surface area contributed by atoms with Crippen molar-refractivity contribution < 1.29 is 9.53 Å². The van der Waals surface area contributed by atoms with Gasteiger partial charge in [-0.05, 0) is 12.1 Å². The summed E-state index contributed by atoms with van der Waals surface area (Å²) in [6.07, 6.45) is 0. The SMILES string of the molecule is NC(=O)C(CN1CCOCC1)Sc1ccc2ccccc2n1. The number of ether oxygens (including phenoxy) is 1. The van der Waals surface area contributed by atoms with Crippen LogP contribution in [0.25, 0.3) is 10.9 Å². The van der Waals surface area contributed by atoms with Crippen LogP contribution in [-0.4, -0.2) is 53.9 Å². The van der Waals surface area contributed by atoms with Gasteiger partial charge in [-0.15, -0.1) is 0 Å². The fourth-order valence-electron chi connectivity index (χ4n) is 2.46. The van der Waals surface area contributed by atoms with Crippen LogP contribution < -0.4 is 5.73 Å². The molecule has 1 aliphatic rings. The van der Waals surface area contributed by atoms with Gasteiger partial charge in [-0.2, -0.15) is 0 Å². The summed E-state index contributed by atoms with van der Waals surface area (Å²) in [7, 11) is 0. The quantitative estimate of drug-likeness (QED) is 0.847. The Labute approximate surface area is 133 Å². The predicted octanol–water partition coefficient (Wildman–Crippen LogP) is 1.51. The van der Waals surface area contributed by atoms with Gasteiger partial charge < -0.3 is 10.5 Å². The van der Waals surface area contributed by atoms with Gasteiger partial charge in [-0.25, -0.2) is 4.98 Å². The largest absolute Gasteiger partial charge is 0.379 e. The van der Waals surface area contributed by atoms with Gasteiger partial charge in [0.25, 0.3) is 0 Å². The average molecular weight is 317 g/mol. The summed E-state index contributed by atoms with van der Waals surface area (Å²) in [5.41, 5.74) is 6.50. The van der Waals surface area contributed by atoms with Crippen LogP contribution in [0.5, 0.6) is 0 Å². The number of benzene rings is 1. The molecule has 6 heteroatoms. The first kappa shape index (κ1) is 15.3. The number of fused-ring (bicyclic) bond motifs is 1. The topological polar surface area (TPSA) is 68.5 Å². The molecule has 22 heavy (non-hydrogen) atoms. The van der Waals surface area contributed by atoms with Crippen LogP contribution in [0, 0.1) is 0 Å². The molecule has 1 fully saturated rings. The van der Waals surface area contributed by atoms with E-state index in [2.05, 4.69) is 9.88 Å². The molecular formula is C16H19N3O2S. The molecule has 1 amide bonds. The van der Waals surface area contributed by atoms with E-state index in [0.717, 1.165) is 29.0 Å². The molecule has 1 aromatic carbocycles. The van der Waals surface area contributed by atoms with Crippen molar-refractivity contribution in [2.75, 3.05) is 32.8 Å². The van der Waals surface area contributed by atoms with Crippen molar-refractivity contribution in [2.24, 2.45) is 5.73 Å². The van der Waals surface area contributed by atoms with Crippen molar-refractivity contribution in [2.45, 2.75) is 10.3 Å². The van der Waals surface area contributed by atoms with Crippen LogP contribution in [-0.2, 0) is 9.53 Å². The number of morpholine rings is 1. The fourth-order valence-corrected chi connectivity index (χ4v) is 3.45. The molecule has 1 aliphatic heterocycles. The Bertz CT molecular complexity index is 659. The molecule has 2 aromatic rings. The summed E-state index contributed by atoms with van der Waals surface area (Å²) in [6, 6.07) is 11.9. The van der Waals surface area contributed by atoms with Crippen LogP contribution in [0.4, 0.5) is 0 Å². The van der Waals surface area contributed by atoms with Gasteiger partial charge in [0, 0.05) is 25.0 Å². The van der Waals surface area contributed by atoms with Crippen LogP contribution in [0.2, 0.25) is 0 Å². The van der Waals surface area contributed by atoms with Crippen molar-refractivity contribution in [3.8, 4) is 0 Å². The van der Waals surface area contributed by atoms with E-state index >= 15 is 0 Å². The van der Waals surface area contributed by atoms with E-state index in [9.17, 15) is 4.79 Å². The Morgan fingerprint density at radius 2 is 2.05 bits per heavy atom. The molecule has 0 radical (unpaired) electrons. The molecule has 1 atom stereocenters. The summed E-state index contributed by atoms with van der Waals surface area (Å²) in [5, 5.41) is 1.62. The molecule has 116 valence electrons. The predicted molar refractivity (Wildman–Crippen MR) is 87.8 cm³/mol. The lowest BCUT2D eigenvalue weighted by atomic mass is 10.2. The van der Waals surface area contributed by atoms with Gasteiger partial charge in [0.05, 0.1) is 23.8 Å². The van der Waals surface area contributed by atoms with Crippen molar-refractivity contribution in [3.05, 3.63) is 36.4 Å². The third kappa shape index (κ3) is 3.76. The molecule has 1 saturated heterocycles. The van der Waals surface area contributed by atoms with Gasteiger partial charge >= 0.3 is 0 Å². The molecule has 0 aliphatic carbocycles. The number of nitrogens with zero attached hydrogens (tertiary/aromatic N) is 2. The van der Waals surface area contributed by atoms with Gasteiger partial charge in [0.1, 0.15) is 5.25 Å². The Morgan fingerprint density at radius 1 is 1.27 bits per heavy atom. The molecule has 2 N–H and O–H groups in total. The number of amides is 1. The Morgan fingerprint density at radius 3 is 2.82 bits per heavy atom. The normalized spacial score (nSPS) is 17.5. The number of rotatable bonds is 5. The number of hydrogen-bond acceptors (Lipinski definition) is 5. The summed E-state index contributed by atoms with van der Waals surface area (Å²) >= 11 is 1.44. The van der Waals surface area contributed by atoms with Crippen molar-refractivity contribution in [1.82, 2.24) is 9.88 Å². The highest BCUT2D eigenvalue weighted by Gasteiger charge is 2.22. The first-order valence-electron chi connectivity index (χ1n) is 7.34. The van der Waals surface area contributed by atoms with Crippen LogP contribution >= 0.6 is 11.8 Å². The number of para-hydroxylation sites is 1. The summed E-state index contributed by atoms with van der Waals surface area (Å²) in [5.74, 6) is -0.300. The lowest BCUT2D eigenvalue weighted by Gasteiger charge is -2.28. The minimum absolute atomic E-state index is 0.299. The van der Waals surface area contributed by atoms with E-state index in [1.54, 1.807) is 0 Å². The van der Waals surface area contributed by atoms with Gasteiger partial charge in [0.2, 0.25) is 5.91 Å². The maximum absolute atomic E-state index is 11.8. The molecule has 3 rings (SSSR count). The lowest BCUT2D eigenvalue weighted by Crippen LogP contribution is -2.43. The highest BCUT2D eigenvalue weighted by atomic mass is 32.2. The Hall–Kier alpha value is -1.63. The van der Waals surface area contributed by atoms with Crippen LogP contribution in [0.3, 0.4) is 0 Å². The molecular weight excluding hydrogens is 298 g/mol. The maximum atomic E-state index is 11.8. The van der Waals surface area contributed by atoms with E-state index < -0.39 is 0 Å². The fraction of sp³-hybridized carbons (Fsp3) is 0.375. The second kappa shape index (κ2) is 7.09. The first-order chi connectivity index (χ1) is 10.7. The zero-order valence-corrected chi connectivity index (χ0v) is 13.1. The summed E-state index contributed by atoms with van der Waals surface area (Å²) in [6.45, 7) is 3.75. The minimum atomic E-state index is -0.300. The first-order valence-corrected chi connectivity index (χ1v) is 8.22. The highest BCUT2D eigenvalue weighted by Crippen LogP contribution is 2.24. The van der Waals surface area contributed by atoms with E-state index in [0.29, 0.717) is 19.8 Å². The van der Waals surface area contributed by atoms with Crippen molar-refractivity contribution >= 4 is 28.6 Å². The number of pyridine rings is 1. The zero-order valence-electron chi connectivity index (χ0n) is 12.3. The third-order valence-electron chi connectivity index (χ3n) is 3.68. The van der Waals surface area contributed by atoms with Crippen LogP contribution in [0.15, 0.2) is 41.4 Å². The number of carbonyl (C=O) groups excluding carboxylic acids is 1. The van der Waals surface area contributed by atoms with E-state index in [1.165, 1.54) is 11.8 Å². The lowest BCUT2D eigenvalue weighted by molar-refractivity contribution is -0.118. The summed E-state index contributed by atoms with van der Waals surface area (Å²) in [4.78, 5) is 18.6. The molecule has 0 saturated carbocycles. The zero-order chi connectivity index (χ0) is 15.4. The maximum Gasteiger partial charge on any atom is 0.232 e. The number of nitrogens with two attached hydrogens (primary N) is 1. The minimum Gasteiger partial charge on any atom is -0.379 e. The Kier molecular flexibility index (Phi) is 4.92. The monoisotopic (exact) mass is 317 g/mol. The van der Waals surface area contributed by atoms with E-state index in [1.807, 2.05) is 36.4 Å². The molecule has 0 bridgehead atoms. The standard InChI is InChI=1S/C16H19N3O2S/c17-16(20)14(11-19-7-9-21-10-8-19)22-15-6-5-12-3-1-2-4-13(12)18-15/h1-6,14H,7-11H2,(H2,17,20). The number of hydrogen-bond donors (Lipinski definition) is 1. The third-order valence-corrected chi connectivity index (χ3v) is 4.82. The smallest absolute Gasteiger partial charge is 0.232 e. The van der Waals surface area contributed by atoms with Gasteiger partial charge in [-0.3, -0.25) is 9.69 Å². The Balaban J connectivity index is 1.72. The number of carbonyl (C=O) groups is 1. The van der Waals surface area contributed by atoms with Crippen molar-refractivity contribution in [3.63, 3.8) is 0 Å². The highest BCUT2D eigenvalue weighted by molar-refractivity contribution is 8.00. The molecule has 1 unspecified atom stereocenters. The average Bonchev–Trinajstić information content (AvgIpc) is 2.55. The molecule has 1 aromatic heterocycles. The van der Waals surface area contributed by atoms with E-state index in [4.69, 9.17) is 10.5 Å². The molecule has 2 heterocycles. The van der Waals surface area contributed by atoms with Gasteiger partial charge in [0.15, 0.2) is 0 Å². The van der Waals surface area contributed by atoms with Crippen LogP contribution in [0.1, 0.15) is 0 Å². The number of aromatic nitrogens is 1. The van der Waals surface area contributed by atoms with Gasteiger partial charge in [-0.1, -0.05) is 36.0 Å². The summed E-state index contributed by atoms with van der Waals surface area (Å²) < 4.78 is 5.33.